The maximum atomic E-state index is 10.9. The number of rotatable bonds is 5. The number of nitro groups is 1. The van der Waals surface area contributed by atoms with E-state index in [9.17, 15) is 10.1 Å². The van der Waals surface area contributed by atoms with Crippen LogP contribution in [0.5, 0.6) is 0 Å². The first kappa shape index (κ1) is 15.0. The first-order valence-corrected chi connectivity index (χ1v) is 7.47. The van der Waals surface area contributed by atoms with Gasteiger partial charge in [-0.3, -0.25) is 15.5 Å². The van der Waals surface area contributed by atoms with E-state index >= 15 is 0 Å². The fourth-order valence-electron chi connectivity index (χ4n) is 2.54. The molecule has 0 unspecified atom stereocenters. The molecule has 1 N–H and O–H groups in total. The molecule has 3 rings (SSSR count). The van der Waals surface area contributed by atoms with Gasteiger partial charge in [0.15, 0.2) is 0 Å². The molecule has 2 aromatic rings. The van der Waals surface area contributed by atoms with Gasteiger partial charge in [0.05, 0.1) is 11.1 Å². The molecule has 118 valence electrons. The van der Waals surface area contributed by atoms with Crippen LogP contribution in [0.3, 0.4) is 0 Å². The van der Waals surface area contributed by atoms with Crippen molar-refractivity contribution < 1.29 is 4.92 Å². The second-order valence-corrected chi connectivity index (χ2v) is 5.28. The van der Waals surface area contributed by atoms with Gasteiger partial charge in [-0.15, -0.1) is 0 Å². The van der Waals surface area contributed by atoms with Crippen molar-refractivity contribution in [1.29, 1.82) is 0 Å². The summed E-state index contributed by atoms with van der Waals surface area (Å²) >= 11 is 0. The number of nitrogens with one attached hydrogen (secondary N) is 1. The Morgan fingerprint density at radius 2 is 1.96 bits per heavy atom. The third-order valence-corrected chi connectivity index (χ3v) is 3.73. The van der Waals surface area contributed by atoms with Crippen LogP contribution in [-0.4, -0.2) is 29.2 Å². The molecule has 1 fully saturated rings. The highest BCUT2D eigenvalue weighted by Gasteiger charge is 2.13. The van der Waals surface area contributed by atoms with E-state index in [4.69, 9.17) is 0 Å². The van der Waals surface area contributed by atoms with Crippen molar-refractivity contribution in [3.63, 3.8) is 0 Å². The lowest BCUT2D eigenvalue weighted by Crippen LogP contribution is -2.17. The van der Waals surface area contributed by atoms with E-state index < -0.39 is 4.92 Å². The molecule has 0 radical (unpaired) electrons. The number of hydrazone groups is 1. The average Bonchev–Trinajstić information content (AvgIpc) is 3.10. The zero-order valence-corrected chi connectivity index (χ0v) is 12.6. The van der Waals surface area contributed by atoms with E-state index in [2.05, 4.69) is 32.5 Å². The van der Waals surface area contributed by atoms with Crippen LogP contribution in [-0.2, 0) is 0 Å². The Morgan fingerprint density at radius 3 is 2.65 bits per heavy atom. The fourth-order valence-corrected chi connectivity index (χ4v) is 2.54. The Labute approximate surface area is 133 Å². The molecule has 0 aliphatic carbocycles. The molecule has 2 heterocycles. The molecule has 7 nitrogen and oxygen atoms in total. The largest absolute Gasteiger partial charge is 0.372 e. The van der Waals surface area contributed by atoms with Crippen molar-refractivity contribution in [1.82, 2.24) is 4.98 Å². The topological polar surface area (TPSA) is 83.7 Å². The summed E-state index contributed by atoms with van der Waals surface area (Å²) in [5, 5.41) is 14.9. The lowest BCUT2D eigenvalue weighted by Gasteiger charge is -2.17. The monoisotopic (exact) mass is 311 g/mol. The molecule has 0 amide bonds. The summed E-state index contributed by atoms with van der Waals surface area (Å²) in [7, 11) is 0. The Bertz CT molecular complexity index is 709. The summed E-state index contributed by atoms with van der Waals surface area (Å²) in [5.74, 6) is 0.127. The van der Waals surface area contributed by atoms with Gasteiger partial charge in [0.1, 0.15) is 0 Å². The van der Waals surface area contributed by atoms with Crippen LogP contribution >= 0.6 is 0 Å². The van der Waals surface area contributed by atoms with E-state index in [-0.39, 0.29) is 11.5 Å². The maximum Gasteiger partial charge on any atom is 0.313 e. The van der Waals surface area contributed by atoms with E-state index in [1.165, 1.54) is 36.9 Å². The standard InChI is InChI=1S/C16H17N5O2/c22-21(23)15-4-3-9-17-16(15)19-18-12-13-5-7-14(8-6-13)20-10-1-2-11-20/h3-9,12H,1-2,10-11H2,(H,17,19). The van der Waals surface area contributed by atoms with Gasteiger partial charge in [-0.25, -0.2) is 4.98 Å². The normalized spacial score (nSPS) is 14.3. The zero-order chi connectivity index (χ0) is 16.1. The summed E-state index contributed by atoms with van der Waals surface area (Å²) in [5.41, 5.74) is 4.65. The smallest absolute Gasteiger partial charge is 0.313 e. The zero-order valence-electron chi connectivity index (χ0n) is 12.6. The first-order chi connectivity index (χ1) is 11.2. The second-order valence-electron chi connectivity index (χ2n) is 5.28. The minimum Gasteiger partial charge on any atom is -0.372 e. The van der Waals surface area contributed by atoms with Gasteiger partial charge in [-0.2, -0.15) is 5.10 Å². The van der Waals surface area contributed by atoms with Gasteiger partial charge in [-0.1, -0.05) is 12.1 Å². The van der Waals surface area contributed by atoms with Crippen LogP contribution in [0.25, 0.3) is 0 Å². The van der Waals surface area contributed by atoms with Crippen molar-refractivity contribution in [2.75, 3.05) is 23.4 Å². The molecule has 0 atom stereocenters. The van der Waals surface area contributed by atoms with Gasteiger partial charge in [0, 0.05) is 31.0 Å². The minimum atomic E-state index is -0.490. The molecular formula is C16H17N5O2. The highest BCUT2D eigenvalue weighted by Crippen LogP contribution is 2.21. The quantitative estimate of drug-likeness (QED) is 0.521. The average molecular weight is 311 g/mol. The van der Waals surface area contributed by atoms with Gasteiger partial charge in [0.2, 0.25) is 5.82 Å². The Balaban J connectivity index is 1.65. The van der Waals surface area contributed by atoms with Crippen molar-refractivity contribution in [2.24, 2.45) is 5.10 Å². The number of benzene rings is 1. The number of hydrogen-bond donors (Lipinski definition) is 1. The number of anilines is 2. The SMILES string of the molecule is O=[N+]([O-])c1cccnc1NN=Cc1ccc(N2CCCC2)cc1. The van der Waals surface area contributed by atoms with Gasteiger partial charge >= 0.3 is 5.69 Å². The van der Waals surface area contributed by atoms with Crippen molar-refractivity contribution in [2.45, 2.75) is 12.8 Å². The molecule has 7 heteroatoms. The summed E-state index contributed by atoms with van der Waals surface area (Å²) in [6, 6.07) is 11.0. The van der Waals surface area contributed by atoms with Gasteiger partial charge < -0.3 is 4.90 Å². The molecule has 0 bridgehead atoms. The maximum absolute atomic E-state index is 10.9. The Kier molecular flexibility index (Phi) is 4.46. The third-order valence-electron chi connectivity index (χ3n) is 3.73. The third kappa shape index (κ3) is 3.63. The van der Waals surface area contributed by atoms with E-state index in [0.717, 1.165) is 18.7 Å². The molecule has 23 heavy (non-hydrogen) atoms. The summed E-state index contributed by atoms with van der Waals surface area (Å²) in [6.45, 7) is 2.22. The molecular weight excluding hydrogens is 294 g/mol. The molecule has 1 aromatic heterocycles. The van der Waals surface area contributed by atoms with E-state index in [1.54, 1.807) is 6.21 Å². The van der Waals surface area contributed by atoms with Gasteiger partial charge in [-0.05, 0) is 36.6 Å². The van der Waals surface area contributed by atoms with E-state index in [1.807, 2.05) is 12.1 Å². The summed E-state index contributed by atoms with van der Waals surface area (Å²) < 4.78 is 0. The molecule has 1 aliphatic heterocycles. The van der Waals surface area contributed by atoms with Crippen LogP contribution in [0.4, 0.5) is 17.2 Å². The highest BCUT2D eigenvalue weighted by molar-refractivity contribution is 5.81. The number of aromatic nitrogens is 1. The number of hydrogen-bond acceptors (Lipinski definition) is 6. The van der Waals surface area contributed by atoms with Crippen molar-refractivity contribution in [3.05, 3.63) is 58.3 Å². The van der Waals surface area contributed by atoms with E-state index in [0.29, 0.717) is 0 Å². The highest BCUT2D eigenvalue weighted by atomic mass is 16.6. The summed E-state index contributed by atoms with van der Waals surface area (Å²) in [6.07, 6.45) is 5.59. The molecule has 1 saturated heterocycles. The van der Waals surface area contributed by atoms with Gasteiger partial charge in [0.25, 0.3) is 0 Å². The molecule has 0 saturated carbocycles. The lowest BCUT2D eigenvalue weighted by atomic mass is 10.2. The predicted octanol–water partition coefficient (Wildman–Crippen LogP) is 3.04. The molecule has 1 aliphatic rings. The molecule has 0 spiro atoms. The van der Waals surface area contributed by atoms with Crippen LogP contribution in [0.15, 0.2) is 47.7 Å². The molecule has 1 aromatic carbocycles. The predicted molar refractivity (Wildman–Crippen MR) is 90.0 cm³/mol. The van der Waals surface area contributed by atoms with Crippen molar-refractivity contribution in [3.8, 4) is 0 Å². The van der Waals surface area contributed by atoms with Crippen LogP contribution < -0.4 is 10.3 Å². The van der Waals surface area contributed by atoms with Crippen LogP contribution in [0, 0.1) is 10.1 Å². The number of pyridine rings is 1. The Morgan fingerprint density at radius 1 is 1.22 bits per heavy atom. The first-order valence-electron chi connectivity index (χ1n) is 7.47. The summed E-state index contributed by atoms with van der Waals surface area (Å²) in [4.78, 5) is 16.7. The van der Waals surface area contributed by atoms with Crippen LogP contribution in [0.2, 0.25) is 0 Å². The Hall–Kier alpha value is -2.96. The number of nitrogens with zero attached hydrogens (tertiary/aromatic N) is 4. The van der Waals surface area contributed by atoms with Crippen LogP contribution in [0.1, 0.15) is 18.4 Å². The lowest BCUT2D eigenvalue weighted by molar-refractivity contribution is -0.384. The minimum absolute atomic E-state index is 0.103. The fraction of sp³-hybridized carbons (Fsp3) is 0.250. The second kappa shape index (κ2) is 6.87. The van der Waals surface area contributed by atoms with Crippen molar-refractivity contribution >= 4 is 23.4 Å².